The zero-order valence-corrected chi connectivity index (χ0v) is 9.70. The average molecular weight is 240 g/mol. The summed E-state index contributed by atoms with van der Waals surface area (Å²) in [7, 11) is 1.70. The van der Waals surface area contributed by atoms with E-state index in [0.29, 0.717) is 18.2 Å². The van der Waals surface area contributed by atoms with E-state index in [1.54, 1.807) is 7.11 Å². The van der Waals surface area contributed by atoms with Crippen molar-refractivity contribution in [3.05, 3.63) is 10.6 Å². The molecule has 1 aliphatic rings. The quantitative estimate of drug-likeness (QED) is 0.793. The maximum atomic E-state index is 5.73. The van der Waals surface area contributed by atoms with E-state index < -0.39 is 0 Å². The fraction of sp³-hybridized carbons (Fsp3) is 0.778. The standard InChI is InChI=1S/C9H15Cl2NO2/c1-13-9(2-3-14-7-9)6-12-5-8(11)4-10/h4,12H,2-3,5-7H2,1H3. The van der Waals surface area contributed by atoms with Crippen LogP contribution in [-0.2, 0) is 9.47 Å². The number of rotatable bonds is 5. The van der Waals surface area contributed by atoms with Crippen LogP contribution in [0.15, 0.2) is 10.6 Å². The van der Waals surface area contributed by atoms with Crippen LogP contribution >= 0.6 is 23.2 Å². The van der Waals surface area contributed by atoms with Crippen LogP contribution in [0.4, 0.5) is 0 Å². The van der Waals surface area contributed by atoms with Crippen LogP contribution in [-0.4, -0.2) is 39.0 Å². The van der Waals surface area contributed by atoms with Gasteiger partial charge in [0.05, 0.1) is 6.61 Å². The van der Waals surface area contributed by atoms with Gasteiger partial charge in [-0.2, -0.15) is 0 Å². The Labute approximate surface area is 94.3 Å². The van der Waals surface area contributed by atoms with Crippen LogP contribution in [0.5, 0.6) is 0 Å². The van der Waals surface area contributed by atoms with Gasteiger partial charge in [-0.3, -0.25) is 0 Å². The fourth-order valence-corrected chi connectivity index (χ4v) is 1.58. The van der Waals surface area contributed by atoms with Crippen molar-refractivity contribution in [1.82, 2.24) is 5.32 Å². The van der Waals surface area contributed by atoms with E-state index in [4.69, 9.17) is 32.7 Å². The summed E-state index contributed by atoms with van der Waals surface area (Å²) in [6.45, 7) is 2.69. The van der Waals surface area contributed by atoms with Gasteiger partial charge in [0.2, 0.25) is 0 Å². The van der Waals surface area contributed by atoms with Crippen LogP contribution in [0.25, 0.3) is 0 Å². The monoisotopic (exact) mass is 239 g/mol. The molecule has 0 saturated carbocycles. The van der Waals surface area contributed by atoms with E-state index in [1.165, 1.54) is 5.54 Å². The third-order valence-electron chi connectivity index (χ3n) is 2.36. The summed E-state index contributed by atoms with van der Waals surface area (Å²) in [4.78, 5) is 0. The molecule has 0 amide bonds. The number of halogens is 2. The highest BCUT2D eigenvalue weighted by Crippen LogP contribution is 2.21. The van der Waals surface area contributed by atoms with Gasteiger partial charge < -0.3 is 14.8 Å². The van der Waals surface area contributed by atoms with Crippen molar-refractivity contribution in [2.45, 2.75) is 12.0 Å². The molecule has 82 valence electrons. The normalized spacial score (nSPS) is 28.4. The molecule has 1 fully saturated rings. The van der Waals surface area contributed by atoms with Crippen LogP contribution in [0.1, 0.15) is 6.42 Å². The summed E-state index contributed by atoms with van der Waals surface area (Å²) in [5.41, 5.74) is 1.17. The second kappa shape index (κ2) is 5.93. The molecule has 5 heteroatoms. The molecule has 0 aromatic rings. The molecule has 1 aliphatic heterocycles. The summed E-state index contributed by atoms with van der Waals surface area (Å²) in [6.07, 6.45) is 0.915. The van der Waals surface area contributed by atoms with Crippen molar-refractivity contribution in [2.24, 2.45) is 0 Å². The van der Waals surface area contributed by atoms with Gasteiger partial charge in [0.25, 0.3) is 0 Å². The smallest absolute Gasteiger partial charge is 0.106 e. The molecule has 3 nitrogen and oxygen atoms in total. The van der Waals surface area contributed by atoms with Crippen molar-refractivity contribution < 1.29 is 9.47 Å². The van der Waals surface area contributed by atoms with Gasteiger partial charge in [-0.15, -0.1) is 0 Å². The highest BCUT2D eigenvalue weighted by atomic mass is 35.5. The lowest BCUT2D eigenvalue weighted by Crippen LogP contribution is -2.43. The first kappa shape index (κ1) is 12.3. The lowest BCUT2D eigenvalue weighted by atomic mass is 10.0. The first-order valence-electron chi connectivity index (χ1n) is 4.51. The molecule has 1 unspecified atom stereocenters. The molecule has 0 aliphatic carbocycles. The minimum Gasteiger partial charge on any atom is -0.378 e. The topological polar surface area (TPSA) is 30.5 Å². The molecule has 1 saturated heterocycles. The van der Waals surface area contributed by atoms with Crippen LogP contribution in [0.3, 0.4) is 0 Å². The van der Waals surface area contributed by atoms with Gasteiger partial charge in [-0.25, -0.2) is 0 Å². The lowest BCUT2D eigenvalue weighted by molar-refractivity contribution is -0.0151. The van der Waals surface area contributed by atoms with Gasteiger partial charge in [0.1, 0.15) is 5.60 Å². The Morgan fingerprint density at radius 2 is 2.50 bits per heavy atom. The van der Waals surface area contributed by atoms with Crippen LogP contribution in [0.2, 0.25) is 0 Å². The Kier molecular flexibility index (Phi) is 5.20. The number of nitrogens with one attached hydrogen (secondary N) is 1. The maximum absolute atomic E-state index is 5.73. The van der Waals surface area contributed by atoms with Crippen molar-refractivity contribution >= 4 is 23.2 Å². The predicted molar refractivity (Wildman–Crippen MR) is 57.8 cm³/mol. The molecule has 0 spiro atoms. The van der Waals surface area contributed by atoms with E-state index >= 15 is 0 Å². The number of methoxy groups -OCH3 is 1. The molecule has 1 rings (SSSR count). The maximum Gasteiger partial charge on any atom is 0.106 e. The molecule has 0 bridgehead atoms. The molecular weight excluding hydrogens is 225 g/mol. The summed E-state index contributed by atoms with van der Waals surface area (Å²) in [6, 6.07) is 0. The minimum absolute atomic E-state index is 0.191. The van der Waals surface area contributed by atoms with Gasteiger partial charge in [-0.05, 0) is 0 Å². The largest absolute Gasteiger partial charge is 0.378 e. The van der Waals surface area contributed by atoms with Gasteiger partial charge in [-0.1, -0.05) is 23.2 Å². The third kappa shape index (κ3) is 3.41. The molecule has 1 heterocycles. The van der Waals surface area contributed by atoms with Crippen molar-refractivity contribution in [3.8, 4) is 0 Å². The fourth-order valence-electron chi connectivity index (χ4n) is 1.41. The lowest BCUT2D eigenvalue weighted by Gasteiger charge is -2.25. The summed E-state index contributed by atoms with van der Waals surface area (Å²) >= 11 is 11.2. The van der Waals surface area contributed by atoms with E-state index in [-0.39, 0.29) is 5.60 Å². The Hall–Kier alpha value is 0.200. The molecule has 0 aromatic heterocycles. The van der Waals surface area contributed by atoms with E-state index in [9.17, 15) is 0 Å². The molecule has 1 N–H and O–H groups in total. The SMILES string of the molecule is COC1(CNCC(Cl)=CCl)CCOC1. The highest BCUT2D eigenvalue weighted by Gasteiger charge is 2.34. The second-order valence-corrected chi connectivity index (χ2v) is 4.05. The second-order valence-electron chi connectivity index (χ2n) is 3.35. The predicted octanol–water partition coefficient (Wildman–Crippen LogP) is 1.70. The van der Waals surface area contributed by atoms with Crippen LogP contribution in [0, 0.1) is 0 Å². The molecule has 14 heavy (non-hydrogen) atoms. The highest BCUT2D eigenvalue weighted by molar-refractivity contribution is 6.36. The van der Waals surface area contributed by atoms with Crippen molar-refractivity contribution in [3.63, 3.8) is 0 Å². The summed E-state index contributed by atoms with van der Waals surface area (Å²) in [5.74, 6) is 0. The van der Waals surface area contributed by atoms with Crippen molar-refractivity contribution in [2.75, 3.05) is 33.4 Å². The number of hydrogen-bond acceptors (Lipinski definition) is 3. The Bertz CT molecular complexity index is 203. The van der Waals surface area contributed by atoms with Gasteiger partial charge >= 0.3 is 0 Å². The third-order valence-corrected chi connectivity index (χ3v) is 2.98. The molecule has 0 aromatic carbocycles. The zero-order valence-electron chi connectivity index (χ0n) is 8.19. The Balaban J connectivity index is 2.28. The van der Waals surface area contributed by atoms with Crippen LogP contribution < -0.4 is 5.32 Å². The minimum atomic E-state index is -0.191. The van der Waals surface area contributed by atoms with Crippen molar-refractivity contribution in [1.29, 1.82) is 0 Å². The Morgan fingerprint density at radius 3 is 3.00 bits per heavy atom. The molecule has 0 radical (unpaired) electrons. The van der Waals surface area contributed by atoms with E-state index in [0.717, 1.165) is 19.6 Å². The van der Waals surface area contributed by atoms with E-state index in [1.807, 2.05) is 0 Å². The first-order chi connectivity index (χ1) is 6.72. The van der Waals surface area contributed by atoms with Gasteiger partial charge in [0.15, 0.2) is 0 Å². The summed E-state index contributed by atoms with van der Waals surface area (Å²) < 4.78 is 10.7. The Morgan fingerprint density at radius 1 is 1.71 bits per heavy atom. The summed E-state index contributed by atoms with van der Waals surface area (Å²) in [5, 5.41) is 3.77. The number of hydrogen-bond donors (Lipinski definition) is 1. The molecule has 1 atom stereocenters. The zero-order chi connectivity index (χ0) is 10.4. The average Bonchev–Trinajstić information content (AvgIpc) is 2.67. The van der Waals surface area contributed by atoms with Gasteiger partial charge in [0, 0.05) is 43.8 Å². The molecular formula is C9H15Cl2NO2. The first-order valence-corrected chi connectivity index (χ1v) is 5.32. The number of ether oxygens (including phenoxy) is 2. The van der Waals surface area contributed by atoms with E-state index in [2.05, 4.69) is 5.32 Å².